The Morgan fingerprint density at radius 2 is 1.67 bits per heavy atom. The van der Waals surface area contributed by atoms with Gasteiger partial charge in [-0.3, -0.25) is 0 Å². The minimum Gasteiger partial charge on any atom is -0.484 e. The van der Waals surface area contributed by atoms with Crippen LogP contribution < -0.4 is 15.4 Å². The van der Waals surface area contributed by atoms with E-state index in [1.54, 1.807) is 24.7 Å². The maximum absolute atomic E-state index is 12.2. The number of nitrogens with zero attached hydrogens (tertiary/aromatic N) is 3. The van der Waals surface area contributed by atoms with Gasteiger partial charge in [0.1, 0.15) is 5.75 Å². The molecule has 0 fully saturated rings. The maximum atomic E-state index is 12.2. The first-order chi connectivity index (χ1) is 15.4. The predicted molar refractivity (Wildman–Crippen MR) is 133 cm³/mol. The van der Waals surface area contributed by atoms with Crippen molar-refractivity contribution in [3.63, 3.8) is 0 Å². The summed E-state index contributed by atoms with van der Waals surface area (Å²) in [6, 6.07) is 14.8. The molecular weight excluding hydrogens is 546 g/mol. The van der Waals surface area contributed by atoms with Crippen molar-refractivity contribution in [2.75, 3.05) is 13.2 Å². The molecule has 0 saturated heterocycles. The van der Waals surface area contributed by atoms with E-state index in [9.17, 15) is 13.2 Å². The van der Waals surface area contributed by atoms with Crippen LogP contribution in [0.15, 0.2) is 72.2 Å². The number of hydrogen-bond acceptors (Lipinski definition) is 3. The number of halogens is 4. The molecule has 10 heteroatoms. The van der Waals surface area contributed by atoms with Crippen LogP contribution in [0.3, 0.4) is 0 Å². The van der Waals surface area contributed by atoms with Gasteiger partial charge in [0, 0.05) is 32.0 Å². The molecule has 0 bridgehead atoms. The molecule has 0 radical (unpaired) electrons. The van der Waals surface area contributed by atoms with E-state index in [2.05, 4.69) is 44.9 Å². The Hall–Kier alpha value is -2.76. The van der Waals surface area contributed by atoms with Crippen LogP contribution >= 0.6 is 24.0 Å². The average Bonchev–Trinajstić information content (AvgIpc) is 3.28. The molecule has 3 aromatic rings. The van der Waals surface area contributed by atoms with Gasteiger partial charge in [0.05, 0.1) is 12.9 Å². The fourth-order valence-electron chi connectivity index (χ4n) is 2.91. The first-order valence-electron chi connectivity index (χ1n) is 10.3. The van der Waals surface area contributed by atoms with Crippen molar-refractivity contribution in [2.24, 2.45) is 4.99 Å². The molecule has 6 nitrogen and oxygen atoms in total. The zero-order valence-electron chi connectivity index (χ0n) is 18.2. The molecule has 2 aromatic carbocycles. The number of rotatable bonds is 9. The fourth-order valence-corrected chi connectivity index (χ4v) is 2.91. The summed E-state index contributed by atoms with van der Waals surface area (Å²) >= 11 is 0. The highest BCUT2D eigenvalue weighted by Gasteiger charge is 2.28. The third kappa shape index (κ3) is 9.72. The number of ether oxygens (including phenoxy) is 1. The molecule has 0 amide bonds. The van der Waals surface area contributed by atoms with Crippen LogP contribution in [0.1, 0.15) is 23.6 Å². The lowest BCUT2D eigenvalue weighted by molar-refractivity contribution is -0.153. The summed E-state index contributed by atoms with van der Waals surface area (Å²) in [4.78, 5) is 8.59. The molecule has 1 heterocycles. The lowest BCUT2D eigenvalue weighted by atomic mass is 10.1. The van der Waals surface area contributed by atoms with Crippen molar-refractivity contribution in [3.8, 4) is 5.75 Å². The highest BCUT2D eigenvalue weighted by molar-refractivity contribution is 14.0. The number of aromatic nitrogens is 2. The number of nitrogens with one attached hydrogen (secondary N) is 2. The van der Waals surface area contributed by atoms with Crippen molar-refractivity contribution in [3.05, 3.63) is 83.9 Å². The van der Waals surface area contributed by atoms with Crippen molar-refractivity contribution < 1.29 is 17.9 Å². The first-order valence-corrected chi connectivity index (χ1v) is 10.3. The molecule has 1 aromatic heterocycles. The molecule has 0 spiro atoms. The van der Waals surface area contributed by atoms with E-state index in [0.717, 1.165) is 17.7 Å². The fraction of sp³-hybridized carbons (Fsp3) is 0.304. The number of guanidine groups is 1. The second-order valence-electron chi connectivity index (χ2n) is 7.15. The molecule has 3 rings (SSSR count). The Balaban J connectivity index is 0.00000385. The summed E-state index contributed by atoms with van der Waals surface area (Å²) in [7, 11) is 0. The lowest BCUT2D eigenvalue weighted by Crippen LogP contribution is -2.36. The van der Waals surface area contributed by atoms with Crippen molar-refractivity contribution in [1.29, 1.82) is 0 Å². The Morgan fingerprint density at radius 3 is 2.27 bits per heavy atom. The molecule has 178 valence electrons. The summed E-state index contributed by atoms with van der Waals surface area (Å²) in [6.45, 7) is 3.16. The molecule has 0 saturated carbocycles. The second kappa shape index (κ2) is 13.1. The van der Waals surface area contributed by atoms with Gasteiger partial charge >= 0.3 is 6.18 Å². The molecule has 0 aliphatic carbocycles. The summed E-state index contributed by atoms with van der Waals surface area (Å²) in [6.07, 6.45) is 1.13. The second-order valence-corrected chi connectivity index (χ2v) is 7.15. The van der Waals surface area contributed by atoms with Gasteiger partial charge < -0.3 is 19.9 Å². The van der Waals surface area contributed by atoms with Gasteiger partial charge in [-0.2, -0.15) is 13.2 Å². The minimum absolute atomic E-state index is 0. The van der Waals surface area contributed by atoms with E-state index in [0.29, 0.717) is 25.6 Å². The lowest BCUT2D eigenvalue weighted by Gasteiger charge is -2.12. The Labute approximate surface area is 208 Å². The van der Waals surface area contributed by atoms with E-state index in [4.69, 9.17) is 4.74 Å². The number of aliphatic imine (C=N–C) groups is 1. The number of alkyl halides is 3. The van der Waals surface area contributed by atoms with E-state index < -0.39 is 12.8 Å². The quantitative estimate of drug-likeness (QED) is 0.221. The van der Waals surface area contributed by atoms with Gasteiger partial charge in [0.2, 0.25) is 0 Å². The topological polar surface area (TPSA) is 63.5 Å². The third-order valence-electron chi connectivity index (χ3n) is 4.50. The summed E-state index contributed by atoms with van der Waals surface area (Å²) in [5.74, 6) is 0.837. The SMILES string of the molecule is CCNC(=NCc1ccc(OCC(F)(F)F)cc1)NCc1ccc(Cn2ccnc2)cc1.I. The first kappa shape index (κ1) is 26.5. The third-order valence-corrected chi connectivity index (χ3v) is 4.50. The largest absolute Gasteiger partial charge is 0.484 e. The Morgan fingerprint density at radius 1 is 1.00 bits per heavy atom. The van der Waals surface area contributed by atoms with Gasteiger partial charge in [0.25, 0.3) is 0 Å². The monoisotopic (exact) mass is 573 g/mol. The normalized spacial score (nSPS) is 11.6. The van der Waals surface area contributed by atoms with Gasteiger partial charge in [0.15, 0.2) is 12.6 Å². The predicted octanol–water partition coefficient (Wildman–Crippen LogP) is 4.75. The zero-order chi connectivity index (χ0) is 22.8. The van der Waals surface area contributed by atoms with Crippen molar-refractivity contribution in [2.45, 2.75) is 32.7 Å². The number of imidazole rings is 1. The van der Waals surface area contributed by atoms with Gasteiger partial charge in [-0.25, -0.2) is 9.98 Å². The van der Waals surface area contributed by atoms with E-state index in [-0.39, 0.29) is 29.7 Å². The Bertz CT molecular complexity index is 975. The highest BCUT2D eigenvalue weighted by atomic mass is 127. The molecule has 2 N–H and O–H groups in total. The molecule has 33 heavy (non-hydrogen) atoms. The molecule has 0 unspecified atom stereocenters. The molecule has 0 aliphatic rings. The smallest absolute Gasteiger partial charge is 0.422 e. The van der Waals surface area contributed by atoms with Gasteiger partial charge in [-0.1, -0.05) is 36.4 Å². The van der Waals surface area contributed by atoms with Crippen molar-refractivity contribution in [1.82, 2.24) is 20.2 Å². The van der Waals surface area contributed by atoms with E-state index >= 15 is 0 Å². The van der Waals surface area contributed by atoms with Crippen LogP contribution in [0.4, 0.5) is 13.2 Å². The van der Waals surface area contributed by atoms with Crippen LogP contribution in [0, 0.1) is 0 Å². The summed E-state index contributed by atoms with van der Waals surface area (Å²) in [5, 5.41) is 6.49. The minimum atomic E-state index is -4.35. The van der Waals surface area contributed by atoms with Gasteiger partial charge in [-0.15, -0.1) is 24.0 Å². The average molecular weight is 573 g/mol. The standard InChI is InChI=1S/C23H26F3N5O.HI/c1-2-28-22(30-14-19-7-9-21(10-8-19)32-16-23(24,25)26)29-13-18-3-5-20(6-4-18)15-31-12-11-27-17-31;/h3-12,17H,2,13-16H2,1H3,(H2,28,29,30);1H. The van der Waals surface area contributed by atoms with E-state index in [1.807, 2.05) is 17.7 Å². The molecule has 0 atom stereocenters. The Kier molecular flexibility index (Phi) is 10.5. The van der Waals surface area contributed by atoms with E-state index in [1.165, 1.54) is 17.7 Å². The highest BCUT2D eigenvalue weighted by Crippen LogP contribution is 2.19. The van der Waals surface area contributed by atoms with Crippen LogP contribution in [0.2, 0.25) is 0 Å². The molecular formula is C23H27F3IN5O. The molecule has 0 aliphatic heterocycles. The maximum Gasteiger partial charge on any atom is 0.422 e. The summed E-state index contributed by atoms with van der Waals surface area (Å²) < 4.78 is 43.4. The summed E-state index contributed by atoms with van der Waals surface area (Å²) in [5.41, 5.74) is 3.18. The van der Waals surface area contributed by atoms with Crippen LogP contribution in [-0.2, 0) is 19.6 Å². The number of benzene rings is 2. The van der Waals surface area contributed by atoms with Crippen LogP contribution in [0.25, 0.3) is 0 Å². The van der Waals surface area contributed by atoms with Crippen LogP contribution in [0.5, 0.6) is 5.75 Å². The van der Waals surface area contributed by atoms with Crippen LogP contribution in [-0.4, -0.2) is 34.8 Å². The number of hydrogen-bond donors (Lipinski definition) is 2. The van der Waals surface area contributed by atoms with Crippen molar-refractivity contribution >= 4 is 29.9 Å². The zero-order valence-corrected chi connectivity index (χ0v) is 20.5. The van der Waals surface area contributed by atoms with Gasteiger partial charge in [-0.05, 0) is 35.7 Å².